The molecule has 0 aliphatic heterocycles. The quantitative estimate of drug-likeness (QED) is 0.735. The summed E-state index contributed by atoms with van der Waals surface area (Å²) < 4.78 is 41.5. The molecule has 0 N–H and O–H groups in total. The van der Waals surface area contributed by atoms with Gasteiger partial charge in [0.15, 0.2) is 0 Å². The number of carbonyl (C=O) groups excluding carboxylic acids is 1. The first-order chi connectivity index (χ1) is 7.45. The average Bonchev–Trinajstić information content (AvgIpc) is 2.25. The zero-order valence-corrected chi connectivity index (χ0v) is 8.49. The first kappa shape index (κ1) is 12.4. The molecule has 0 aromatic heterocycles. The molecule has 0 aliphatic carbocycles. The molecule has 0 atom stereocenters. The molecule has 3 nitrogen and oxygen atoms in total. The van der Waals surface area contributed by atoms with E-state index in [0.29, 0.717) is 5.56 Å². The Morgan fingerprint density at radius 2 is 1.88 bits per heavy atom. The highest BCUT2D eigenvalue weighted by Gasteiger charge is 2.41. The van der Waals surface area contributed by atoms with Crippen LogP contribution in [-0.2, 0) is 11.3 Å². The summed E-state index contributed by atoms with van der Waals surface area (Å²) in [6.45, 7) is -0.559. The van der Waals surface area contributed by atoms with Gasteiger partial charge >= 0.3 is 12.4 Å². The van der Waals surface area contributed by atoms with Gasteiger partial charge in [0.25, 0.3) is 0 Å². The van der Waals surface area contributed by atoms with Crippen LogP contribution in [0.3, 0.4) is 0 Å². The Hall–Kier alpha value is -1.72. The number of rotatable bonds is 2. The van der Waals surface area contributed by atoms with E-state index in [1.54, 1.807) is 18.2 Å². The summed E-state index contributed by atoms with van der Waals surface area (Å²) in [7, 11) is 0.909. The monoisotopic (exact) mass is 233 g/mol. The molecule has 1 aromatic rings. The summed E-state index contributed by atoms with van der Waals surface area (Å²) in [4.78, 5) is 10.7. The van der Waals surface area contributed by atoms with Crippen molar-refractivity contribution in [2.45, 2.75) is 12.8 Å². The fourth-order valence-corrected chi connectivity index (χ4v) is 1.13. The maximum Gasteiger partial charge on any atom is 0.490 e. The van der Waals surface area contributed by atoms with Crippen LogP contribution in [0.4, 0.5) is 18.0 Å². The molecule has 0 saturated carbocycles. The highest BCUT2D eigenvalue weighted by Crippen LogP contribution is 2.24. The lowest BCUT2D eigenvalue weighted by molar-refractivity contribution is -0.232. The molecule has 0 aliphatic rings. The maximum absolute atomic E-state index is 12.5. The van der Waals surface area contributed by atoms with Gasteiger partial charge in [0.1, 0.15) is 0 Å². The van der Waals surface area contributed by atoms with Crippen LogP contribution >= 0.6 is 0 Å². The molecule has 1 aromatic carbocycles. The maximum atomic E-state index is 12.5. The van der Waals surface area contributed by atoms with Crippen LogP contribution < -0.4 is 0 Å². The second kappa shape index (κ2) is 4.87. The minimum absolute atomic E-state index is 0.289. The van der Waals surface area contributed by atoms with Crippen molar-refractivity contribution in [3.05, 3.63) is 35.9 Å². The van der Waals surface area contributed by atoms with Crippen molar-refractivity contribution in [1.29, 1.82) is 0 Å². The molecule has 0 bridgehead atoms. The molecule has 0 saturated heterocycles. The first-order valence-corrected chi connectivity index (χ1v) is 4.41. The van der Waals surface area contributed by atoms with Crippen LogP contribution in [0.5, 0.6) is 0 Å². The van der Waals surface area contributed by atoms with Gasteiger partial charge in [-0.05, 0) is 5.56 Å². The Kier molecular flexibility index (Phi) is 3.76. The van der Waals surface area contributed by atoms with Gasteiger partial charge in [0.05, 0.1) is 13.7 Å². The number of hydrogen-bond donors (Lipinski definition) is 0. The number of carbonyl (C=O) groups is 1. The lowest BCUT2D eigenvalue weighted by Gasteiger charge is -2.23. The Morgan fingerprint density at radius 1 is 1.31 bits per heavy atom. The number of alkyl halides is 3. The molecule has 0 spiro atoms. The van der Waals surface area contributed by atoms with Crippen molar-refractivity contribution >= 4 is 6.09 Å². The van der Waals surface area contributed by atoms with Gasteiger partial charge in [0.2, 0.25) is 0 Å². The lowest BCUT2D eigenvalue weighted by Crippen LogP contribution is -2.42. The second-order valence-corrected chi connectivity index (χ2v) is 3.01. The van der Waals surface area contributed by atoms with Crippen LogP contribution in [0.1, 0.15) is 5.56 Å². The fourth-order valence-electron chi connectivity index (χ4n) is 1.13. The third kappa shape index (κ3) is 3.15. The number of halogens is 3. The number of amides is 1. The minimum atomic E-state index is -4.75. The Morgan fingerprint density at radius 3 is 2.31 bits per heavy atom. The zero-order valence-electron chi connectivity index (χ0n) is 8.49. The van der Waals surface area contributed by atoms with Crippen molar-refractivity contribution in [1.82, 2.24) is 4.90 Å². The van der Waals surface area contributed by atoms with Crippen LogP contribution in [0.2, 0.25) is 0 Å². The number of benzene rings is 1. The molecule has 0 unspecified atom stereocenters. The van der Waals surface area contributed by atoms with E-state index in [4.69, 9.17) is 0 Å². The highest BCUT2D eigenvalue weighted by atomic mass is 19.4. The molecule has 1 rings (SSSR count). The van der Waals surface area contributed by atoms with E-state index in [-0.39, 0.29) is 4.90 Å². The summed E-state index contributed by atoms with van der Waals surface area (Å²) in [5, 5.41) is 0. The summed E-state index contributed by atoms with van der Waals surface area (Å²) in [5.74, 6) is 0. The van der Waals surface area contributed by atoms with Crippen LogP contribution in [0, 0.1) is 0 Å². The van der Waals surface area contributed by atoms with Gasteiger partial charge in [-0.3, -0.25) is 0 Å². The van der Waals surface area contributed by atoms with Crippen LogP contribution in [0.15, 0.2) is 30.3 Å². The molecule has 0 heterocycles. The molecular formula is C10H10F3NO2. The summed E-state index contributed by atoms with van der Waals surface area (Å²) in [5.41, 5.74) is 0.380. The van der Waals surface area contributed by atoms with Crippen molar-refractivity contribution in [2.75, 3.05) is 7.11 Å². The molecule has 1 amide bonds. The van der Waals surface area contributed by atoms with Crippen molar-refractivity contribution in [3.8, 4) is 0 Å². The van der Waals surface area contributed by atoms with E-state index in [2.05, 4.69) is 4.74 Å². The standard InChI is InChI=1S/C10H10F3NO2/c1-16-9(15)14(10(11,12)13)7-8-5-3-2-4-6-8/h2-6H,7H2,1H3. The van der Waals surface area contributed by atoms with Gasteiger partial charge in [0, 0.05) is 0 Å². The molecule has 16 heavy (non-hydrogen) atoms. The van der Waals surface area contributed by atoms with E-state index in [1.165, 1.54) is 12.1 Å². The van der Waals surface area contributed by atoms with Crippen LogP contribution in [0.25, 0.3) is 0 Å². The van der Waals surface area contributed by atoms with Gasteiger partial charge in [-0.15, -0.1) is 13.2 Å². The summed E-state index contributed by atoms with van der Waals surface area (Å²) in [6, 6.07) is 7.88. The molecule has 0 radical (unpaired) electrons. The van der Waals surface area contributed by atoms with E-state index in [1.807, 2.05) is 0 Å². The number of methoxy groups -OCH3 is 1. The fraction of sp³-hybridized carbons (Fsp3) is 0.300. The predicted octanol–water partition coefficient (Wildman–Crippen LogP) is 2.77. The molecule has 6 heteroatoms. The van der Waals surface area contributed by atoms with E-state index in [9.17, 15) is 18.0 Å². The van der Waals surface area contributed by atoms with Crippen LogP contribution in [-0.4, -0.2) is 24.4 Å². The van der Waals surface area contributed by atoms with E-state index >= 15 is 0 Å². The van der Waals surface area contributed by atoms with Gasteiger partial charge < -0.3 is 4.74 Å². The molecule has 88 valence electrons. The summed E-state index contributed by atoms with van der Waals surface area (Å²) in [6.07, 6.45) is -6.17. The SMILES string of the molecule is COC(=O)N(Cc1ccccc1)C(F)(F)F. The van der Waals surface area contributed by atoms with Crippen molar-refractivity contribution in [2.24, 2.45) is 0 Å². The smallest absolute Gasteiger partial charge is 0.453 e. The first-order valence-electron chi connectivity index (χ1n) is 4.41. The Bertz CT molecular complexity index is 351. The minimum Gasteiger partial charge on any atom is -0.453 e. The molecular weight excluding hydrogens is 223 g/mol. The zero-order chi connectivity index (χ0) is 12.2. The average molecular weight is 233 g/mol. The predicted molar refractivity (Wildman–Crippen MR) is 50.4 cm³/mol. The number of nitrogens with zero attached hydrogens (tertiary/aromatic N) is 1. The van der Waals surface area contributed by atoms with Crippen molar-refractivity contribution < 1.29 is 22.7 Å². The third-order valence-electron chi connectivity index (χ3n) is 1.88. The number of hydrogen-bond acceptors (Lipinski definition) is 2. The van der Waals surface area contributed by atoms with Gasteiger partial charge in [-0.1, -0.05) is 30.3 Å². The summed E-state index contributed by atoms with van der Waals surface area (Å²) >= 11 is 0. The normalized spacial score (nSPS) is 11.0. The lowest BCUT2D eigenvalue weighted by atomic mass is 10.2. The Labute approximate surface area is 90.4 Å². The second-order valence-electron chi connectivity index (χ2n) is 3.01. The largest absolute Gasteiger partial charge is 0.490 e. The number of ether oxygens (including phenoxy) is 1. The van der Waals surface area contributed by atoms with Crippen molar-refractivity contribution in [3.63, 3.8) is 0 Å². The highest BCUT2D eigenvalue weighted by molar-refractivity contribution is 5.67. The third-order valence-corrected chi connectivity index (χ3v) is 1.88. The van der Waals surface area contributed by atoms with E-state index < -0.39 is 18.9 Å². The van der Waals surface area contributed by atoms with Gasteiger partial charge in [-0.25, -0.2) is 9.69 Å². The van der Waals surface area contributed by atoms with Gasteiger partial charge in [-0.2, -0.15) is 0 Å². The topological polar surface area (TPSA) is 29.5 Å². The van der Waals surface area contributed by atoms with E-state index in [0.717, 1.165) is 7.11 Å². The Balaban J connectivity index is 2.84. The molecule has 0 fully saturated rings.